The summed E-state index contributed by atoms with van der Waals surface area (Å²) in [4.78, 5) is 5.97. The smallest absolute Gasteiger partial charge is 0.357 e. The monoisotopic (exact) mass is 360 g/mol. The van der Waals surface area contributed by atoms with Gasteiger partial charge >= 0.3 is 6.18 Å². The molecule has 26 heavy (non-hydrogen) atoms. The Morgan fingerprint density at radius 3 is 2.58 bits per heavy atom. The van der Waals surface area contributed by atoms with Gasteiger partial charge in [-0.3, -0.25) is 0 Å². The molecule has 4 nitrogen and oxygen atoms in total. The van der Waals surface area contributed by atoms with Crippen LogP contribution in [0.2, 0.25) is 0 Å². The maximum absolute atomic E-state index is 12.6. The van der Waals surface area contributed by atoms with Gasteiger partial charge in [-0.2, -0.15) is 18.4 Å². The summed E-state index contributed by atoms with van der Waals surface area (Å²) in [6.45, 7) is 2.18. The van der Waals surface area contributed by atoms with Crippen LogP contribution in [0.5, 0.6) is 0 Å². The van der Waals surface area contributed by atoms with Crippen LogP contribution in [-0.2, 0) is 12.7 Å². The number of rotatable bonds is 4. The van der Waals surface area contributed by atoms with Gasteiger partial charge in [-0.15, -0.1) is 0 Å². The van der Waals surface area contributed by atoms with Gasteiger partial charge in [0.15, 0.2) is 0 Å². The van der Waals surface area contributed by atoms with E-state index >= 15 is 0 Å². The van der Waals surface area contributed by atoms with Gasteiger partial charge < -0.3 is 10.2 Å². The average Bonchev–Trinajstić information content (AvgIpc) is 2.66. The first-order chi connectivity index (χ1) is 12.5. The highest BCUT2D eigenvalue weighted by Gasteiger charge is 2.31. The number of aromatic nitrogens is 1. The summed E-state index contributed by atoms with van der Waals surface area (Å²) >= 11 is 0. The van der Waals surface area contributed by atoms with Crippen LogP contribution in [0.4, 0.5) is 19.0 Å². The number of halogens is 3. The summed E-state index contributed by atoms with van der Waals surface area (Å²) in [7, 11) is 0. The number of alkyl halides is 3. The number of anilines is 1. The lowest BCUT2D eigenvalue weighted by atomic mass is 10.0. The highest BCUT2D eigenvalue weighted by Crippen LogP contribution is 2.29. The summed E-state index contributed by atoms with van der Waals surface area (Å²) in [6, 6.07) is 12.5. The fourth-order valence-corrected chi connectivity index (χ4v) is 3.07. The van der Waals surface area contributed by atoms with Crippen LogP contribution in [0.1, 0.15) is 29.5 Å². The van der Waals surface area contributed by atoms with Crippen molar-refractivity contribution in [2.24, 2.45) is 0 Å². The van der Waals surface area contributed by atoms with Crippen molar-refractivity contribution < 1.29 is 13.2 Å². The molecule has 1 aliphatic rings. The molecule has 2 heterocycles. The lowest BCUT2D eigenvalue weighted by Crippen LogP contribution is -2.42. The van der Waals surface area contributed by atoms with Crippen molar-refractivity contribution in [3.05, 3.63) is 59.3 Å². The van der Waals surface area contributed by atoms with Crippen LogP contribution in [0.25, 0.3) is 0 Å². The van der Waals surface area contributed by atoms with Crippen LogP contribution in [-0.4, -0.2) is 24.1 Å². The van der Waals surface area contributed by atoms with E-state index < -0.39 is 11.7 Å². The molecule has 1 aromatic heterocycles. The molecule has 0 bridgehead atoms. The molecule has 0 unspecified atom stereocenters. The third kappa shape index (κ3) is 4.52. The Morgan fingerprint density at radius 2 is 1.96 bits per heavy atom. The number of hydrogen-bond acceptors (Lipinski definition) is 4. The number of hydrogen-bond donors (Lipinski definition) is 1. The fraction of sp³-hybridized carbons (Fsp3) is 0.368. The first kappa shape index (κ1) is 18.2. The van der Waals surface area contributed by atoms with Gasteiger partial charge in [0.05, 0.1) is 17.2 Å². The number of piperidine rings is 1. The molecule has 1 aromatic carbocycles. The molecule has 0 atom stereocenters. The highest BCUT2D eigenvalue weighted by atomic mass is 19.4. The Balaban J connectivity index is 1.50. The molecule has 2 aromatic rings. The summed E-state index contributed by atoms with van der Waals surface area (Å²) in [5, 5.41) is 12.4. The van der Waals surface area contributed by atoms with Gasteiger partial charge in [0, 0.05) is 31.9 Å². The zero-order valence-corrected chi connectivity index (χ0v) is 14.1. The third-order valence-electron chi connectivity index (χ3n) is 4.55. The van der Waals surface area contributed by atoms with Crippen LogP contribution < -0.4 is 10.2 Å². The van der Waals surface area contributed by atoms with E-state index in [9.17, 15) is 13.2 Å². The van der Waals surface area contributed by atoms with Crippen molar-refractivity contribution >= 4 is 5.82 Å². The molecular formula is C19H19F3N4. The molecule has 1 N–H and O–H groups in total. The number of benzene rings is 1. The Kier molecular flexibility index (Phi) is 5.43. The predicted octanol–water partition coefficient (Wildman–Crippen LogP) is 3.73. The zero-order valence-electron chi connectivity index (χ0n) is 14.1. The van der Waals surface area contributed by atoms with Gasteiger partial charge in [0.1, 0.15) is 5.82 Å². The zero-order chi connectivity index (χ0) is 18.6. The minimum atomic E-state index is -4.36. The van der Waals surface area contributed by atoms with Crippen molar-refractivity contribution in [2.75, 3.05) is 18.0 Å². The van der Waals surface area contributed by atoms with Crippen LogP contribution in [0.3, 0.4) is 0 Å². The summed E-state index contributed by atoms with van der Waals surface area (Å²) in [5.74, 6) is 0.582. The minimum absolute atomic E-state index is 0.339. The SMILES string of the molecule is N#Cc1cccc(CNC2CCN(c3ccc(C(F)(F)F)cn3)CC2)c1. The molecule has 1 aliphatic heterocycles. The molecule has 0 radical (unpaired) electrons. The maximum atomic E-state index is 12.6. The topological polar surface area (TPSA) is 52.0 Å². The summed E-state index contributed by atoms with van der Waals surface area (Å²) in [5.41, 5.74) is 0.987. The first-order valence-electron chi connectivity index (χ1n) is 8.46. The van der Waals surface area contributed by atoms with Crippen molar-refractivity contribution in [3.63, 3.8) is 0 Å². The summed E-state index contributed by atoms with van der Waals surface area (Å²) in [6.07, 6.45) is -1.69. The fourth-order valence-electron chi connectivity index (χ4n) is 3.07. The van der Waals surface area contributed by atoms with Gasteiger partial charge in [-0.25, -0.2) is 4.98 Å². The third-order valence-corrected chi connectivity index (χ3v) is 4.55. The van der Waals surface area contributed by atoms with Gasteiger partial charge in [-0.1, -0.05) is 12.1 Å². The predicted molar refractivity (Wildman–Crippen MR) is 92.5 cm³/mol. The molecule has 0 saturated carbocycles. The van der Waals surface area contributed by atoms with Gasteiger partial charge in [0.2, 0.25) is 0 Å². The van der Waals surface area contributed by atoms with Crippen LogP contribution in [0, 0.1) is 11.3 Å². The molecule has 136 valence electrons. The Labute approximate surface area is 150 Å². The largest absolute Gasteiger partial charge is 0.417 e. The van der Waals surface area contributed by atoms with E-state index in [0.29, 0.717) is 24.0 Å². The van der Waals surface area contributed by atoms with E-state index in [2.05, 4.69) is 16.4 Å². The van der Waals surface area contributed by atoms with E-state index in [4.69, 9.17) is 5.26 Å². The molecule has 0 amide bonds. The van der Waals surface area contributed by atoms with Crippen LogP contribution >= 0.6 is 0 Å². The van der Waals surface area contributed by atoms with E-state index in [-0.39, 0.29) is 0 Å². The minimum Gasteiger partial charge on any atom is -0.357 e. The number of pyridine rings is 1. The molecule has 0 aliphatic carbocycles. The Hall–Kier alpha value is -2.59. The maximum Gasteiger partial charge on any atom is 0.417 e. The Bertz CT molecular complexity index is 773. The molecule has 1 fully saturated rings. The normalized spacial score (nSPS) is 15.7. The second kappa shape index (κ2) is 7.75. The lowest BCUT2D eigenvalue weighted by molar-refractivity contribution is -0.137. The lowest BCUT2D eigenvalue weighted by Gasteiger charge is -2.33. The van der Waals surface area contributed by atoms with Crippen molar-refractivity contribution in [1.82, 2.24) is 10.3 Å². The van der Waals surface area contributed by atoms with E-state index in [1.54, 1.807) is 6.07 Å². The standard InChI is InChI=1S/C19H19F3N4/c20-19(21,22)16-4-5-18(25-13-16)26-8-6-17(7-9-26)24-12-15-3-1-2-14(10-15)11-23/h1-5,10,13,17,24H,6-9,12H2. The Morgan fingerprint density at radius 1 is 1.19 bits per heavy atom. The molecule has 3 rings (SSSR count). The van der Waals surface area contributed by atoms with E-state index in [1.807, 2.05) is 23.1 Å². The molecule has 7 heteroatoms. The van der Waals surface area contributed by atoms with Gasteiger partial charge in [-0.05, 0) is 42.7 Å². The molecular weight excluding hydrogens is 341 g/mol. The van der Waals surface area contributed by atoms with Gasteiger partial charge in [0.25, 0.3) is 0 Å². The highest BCUT2D eigenvalue weighted by molar-refractivity contribution is 5.40. The summed E-state index contributed by atoms with van der Waals surface area (Å²) < 4.78 is 37.8. The second-order valence-electron chi connectivity index (χ2n) is 6.36. The average molecular weight is 360 g/mol. The molecule has 1 saturated heterocycles. The number of nitrogens with zero attached hydrogens (tertiary/aromatic N) is 3. The van der Waals surface area contributed by atoms with Crippen molar-refractivity contribution in [3.8, 4) is 6.07 Å². The first-order valence-corrected chi connectivity index (χ1v) is 8.46. The number of nitrogens with one attached hydrogen (secondary N) is 1. The van der Waals surface area contributed by atoms with E-state index in [0.717, 1.165) is 43.8 Å². The quantitative estimate of drug-likeness (QED) is 0.903. The van der Waals surface area contributed by atoms with Crippen molar-refractivity contribution in [1.29, 1.82) is 5.26 Å². The second-order valence-corrected chi connectivity index (χ2v) is 6.36. The van der Waals surface area contributed by atoms with Crippen LogP contribution in [0.15, 0.2) is 42.6 Å². The number of nitriles is 1. The molecule has 0 spiro atoms. The van der Waals surface area contributed by atoms with E-state index in [1.165, 1.54) is 6.07 Å². The van der Waals surface area contributed by atoms with Crippen molar-refractivity contribution in [2.45, 2.75) is 31.6 Å².